The summed E-state index contributed by atoms with van der Waals surface area (Å²) >= 11 is 0. The first-order valence-corrected chi connectivity index (χ1v) is 8.15. The van der Waals surface area contributed by atoms with Crippen LogP contribution in [0.1, 0.15) is 6.42 Å². The second-order valence-corrected chi connectivity index (χ2v) is 5.84. The smallest absolute Gasteiger partial charge is 0.226 e. The lowest BCUT2D eigenvalue weighted by Gasteiger charge is -2.20. The molecule has 1 saturated heterocycles. The molecule has 0 radical (unpaired) electrons. The Morgan fingerprint density at radius 2 is 1.71 bits per heavy atom. The van der Waals surface area contributed by atoms with Crippen LogP contribution < -0.4 is 10.2 Å². The summed E-state index contributed by atoms with van der Waals surface area (Å²) in [5.41, 5.74) is 2.92. The van der Waals surface area contributed by atoms with Crippen LogP contribution in [0.3, 0.4) is 0 Å². The van der Waals surface area contributed by atoms with Crippen molar-refractivity contribution in [1.82, 2.24) is 15.3 Å². The maximum absolute atomic E-state index is 11.6. The zero-order valence-corrected chi connectivity index (χ0v) is 13.3. The fraction of sp³-hybridized carbons (Fsp3) is 0.211. The van der Waals surface area contributed by atoms with Crippen molar-refractivity contribution in [2.75, 3.05) is 24.5 Å². The van der Waals surface area contributed by atoms with E-state index in [-0.39, 0.29) is 5.91 Å². The highest BCUT2D eigenvalue weighted by Gasteiger charge is 2.18. The number of nitrogens with one attached hydrogen (secondary N) is 1. The molecule has 120 valence electrons. The second kappa shape index (κ2) is 6.28. The van der Waals surface area contributed by atoms with Crippen molar-refractivity contribution in [2.24, 2.45) is 0 Å². The van der Waals surface area contributed by atoms with Crippen molar-refractivity contribution in [3.05, 3.63) is 54.6 Å². The Hall–Kier alpha value is -2.95. The van der Waals surface area contributed by atoms with Gasteiger partial charge in [-0.2, -0.15) is 0 Å². The van der Waals surface area contributed by atoms with Gasteiger partial charge in [0.1, 0.15) is 0 Å². The van der Waals surface area contributed by atoms with Gasteiger partial charge < -0.3 is 10.2 Å². The molecule has 1 amide bonds. The van der Waals surface area contributed by atoms with Gasteiger partial charge in [-0.05, 0) is 6.07 Å². The lowest BCUT2D eigenvalue weighted by molar-refractivity contribution is -0.120. The third kappa shape index (κ3) is 2.80. The normalized spacial score (nSPS) is 15.2. The maximum Gasteiger partial charge on any atom is 0.226 e. The van der Waals surface area contributed by atoms with Gasteiger partial charge in [-0.1, -0.05) is 48.5 Å². The molecule has 0 unspecified atom stereocenters. The van der Waals surface area contributed by atoms with Crippen LogP contribution >= 0.6 is 0 Å². The number of hydrogen-bond acceptors (Lipinski definition) is 4. The number of amides is 1. The van der Waals surface area contributed by atoms with E-state index in [1.54, 1.807) is 0 Å². The van der Waals surface area contributed by atoms with Gasteiger partial charge in [0, 0.05) is 37.0 Å². The van der Waals surface area contributed by atoms with Gasteiger partial charge in [0.2, 0.25) is 11.9 Å². The lowest BCUT2D eigenvalue weighted by Crippen LogP contribution is -2.29. The highest BCUT2D eigenvalue weighted by Crippen LogP contribution is 2.28. The van der Waals surface area contributed by atoms with Gasteiger partial charge >= 0.3 is 0 Å². The van der Waals surface area contributed by atoms with Crippen LogP contribution in [0.5, 0.6) is 0 Å². The molecule has 2 aromatic carbocycles. The minimum Gasteiger partial charge on any atom is -0.354 e. The fourth-order valence-electron chi connectivity index (χ4n) is 2.99. The number of carbonyl (C=O) groups excluding carboxylic acids is 1. The van der Waals surface area contributed by atoms with E-state index < -0.39 is 0 Å². The van der Waals surface area contributed by atoms with Gasteiger partial charge in [0.05, 0.1) is 11.2 Å². The first-order chi connectivity index (χ1) is 11.8. The Morgan fingerprint density at radius 1 is 0.917 bits per heavy atom. The third-order valence-corrected chi connectivity index (χ3v) is 4.23. The van der Waals surface area contributed by atoms with E-state index in [0.29, 0.717) is 25.5 Å². The number of nitrogens with zero attached hydrogens (tertiary/aromatic N) is 3. The zero-order valence-electron chi connectivity index (χ0n) is 13.3. The Bertz CT molecular complexity index is 879. The minimum atomic E-state index is 0.0848. The highest BCUT2D eigenvalue weighted by molar-refractivity contribution is 5.93. The maximum atomic E-state index is 11.6. The first-order valence-electron chi connectivity index (χ1n) is 8.15. The number of carbonyl (C=O) groups is 1. The molecule has 0 spiro atoms. The van der Waals surface area contributed by atoms with E-state index >= 15 is 0 Å². The highest BCUT2D eigenvalue weighted by atomic mass is 16.1. The number of benzene rings is 2. The summed E-state index contributed by atoms with van der Waals surface area (Å²) in [6, 6.07) is 18.2. The van der Waals surface area contributed by atoms with Crippen LogP contribution in [-0.4, -0.2) is 35.5 Å². The summed E-state index contributed by atoms with van der Waals surface area (Å²) in [7, 11) is 0. The molecule has 1 fully saturated rings. The van der Waals surface area contributed by atoms with Crippen LogP contribution in [0.25, 0.3) is 22.2 Å². The number of aromatic nitrogens is 2. The third-order valence-electron chi connectivity index (χ3n) is 4.23. The summed E-state index contributed by atoms with van der Waals surface area (Å²) in [5.74, 6) is 0.769. The molecule has 2 heterocycles. The number of para-hydroxylation sites is 1. The Morgan fingerprint density at radius 3 is 2.58 bits per heavy atom. The van der Waals surface area contributed by atoms with E-state index in [1.165, 1.54) is 0 Å². The molecule has 0 bridgehead atoms. The molecule has 1 aliphatic heterocycles. The van der Waals surface area contributed by atoms with E-state index in [2.05, 4.69) is 28.4 Å². The van der Waals surface area contributed by atoms with Crippen molar-refractivity contribution in [2.45, 2.75) is 6.42 Å². The molecule has 3 aromatic rings. The SMILES string of the molecule is O=C1CCN(c2nc(-c3ccccc3)c3ccccc3n2)CCN1. The van der Waals surface area contributed by atoms with Gasteiger partial charge in [-0.3, -0.25) is 4.79 Å². The molecule has 0 atom stereocenters. The van der Waals surface area contributed by atoms with Gasteiger partial charge in [0.15, 0.2) is 0 Å². The van der Waals surface area contributed by atoms with E-state index in [4.69, 9.17) is 9.97 Å². The molecule has 24 heavy (non-hydrogen) atoms. The summed E-state index contributed by atoms with van der Waals surface area (Å²) in [6.45, 7) is 1.98. The van der Waals surface area contributed by atoms with Gasteiger partial charge in [-0.15, -0.1) is 0 Å². The van der Waals surface area contributed by atoms with Crippen LogP contribution in [0.4, 0.5) is 5.95 Å². The summed E-state index contributed by atoms with van der Waals surface area (Å²) in [4.78, 5) is 23.2. The van der Waals surface area contributed by atoms with E-state index in [1.807, 2.05) is 36.4 Å². The molecular weight excluding hydrogens is 300 g/mol. The Balaban J connectivity index is 1.84. The molecule has 1 aromatic heterocycles. The monoisotopic (exact) mass is 318 g/mol. The number of fused-ring (bicyclic) bond motifs is 1. The van der Waals surface area contributed by atoms with Crippen LogP contribution in [-0.2, 0) is 4.79 Å². The predicted molar refractivity (Wildman–Crippen MR) is 94.8 cm³/mol. The standard InChI is InChI=1S/C19H18N4O/c24-17-10-12-23(13-11-20-17)19-21-16-9-5-4-8-15(16)18(22-19)14-6-2-1-3-7-14/h1-9H,10-13H2,(H,20,24). The Labute approximate surface area is 140 Å². The average molecular weight is 318 g/mol. The first kappa shape index (κ1) is 14.6. The van der Waals surface area contributed by atoms with Crippen molar-refractivity contribution >= 4 is 22.8 Å². The number of rotatable bonds is 2. The Kier molecular flexibility index (Phi) is 3.83. The molecule has 4 rings (SSSR count). The van der Waals surface area contributed by atoms with Crippen molar-refractivity contribution in [3.8, 4) is 11.3 Å². The molecule has 0 aliphatic carbocycles. The van der Waals surface area contributed by atoms with Crippen LogP contribution in [0.2, 0.25) is 0 Å². The average Bonchev–Trinajstić information content (AvgIpc) is 2.86. The molecule has 0 saturated carbocycles. The van der Waals surface area contributed by atoms with Crippen molar-refractivity contribution < 1.29 is 4.79 Å². The van der Waals surface area contributed by atoms with Crippen LogP contribution in [0.15, 0.2) is 54.6 Å². The second-order valence-electron chi connectivity index (χ2n) is 5.84. The lowest BCUT2D eigenvalue weighted by atomic mass is 10.1. The quantitative estimate of drug-likeness (QED) is 0.789. The largest absolute Gasteiger partial charge is 0.354 e. The molecular formula is C19H18N4O. The topological polar surface area (TPSA) is 58.1 Å². The zero-order chi connectivity index (χ0) is 16.4. The van der Waals surface area contributed by atoms with Crippen molar-refractivity contribution in [3.63, 3.8) is 0 Å². The molecule has 1 aliphatic rings. The van der Waals surface area contributed by atoms with Crippen molar-refractivity contribution in [1.29, 1.82) is 0 Å². The summed E-state index contributed by atoms with van der Waals surface area (Å²) < 4.78 is 0. The molecule has 1 N–H and O–H groups in total. The van der Waals surface area contributed by atoms with Gasteiger partial charge in [0.25, 0.3) is 0 Å². The minimum absolute atomic E-state index is 0.0848. The summed E-state index contributed by atoms with van der Waals surface area (Å²) in [5, 5.41) is 3.93. The molecule has 5 nitrogen and oxygen atoms in total. The molecule has 5 heteroatoms. The van der Waals surface area contributed by atoms with Crippen LogP contribution in [0, 0.1) is 0 Å². The number of anilines is 1. The van der Waals surface area contributed by atoms with E-state index in [9.17, 15) is 4.79 Å². The number of hydrogen-bond donors (Lipinski definition) is 1. The predicted octanol–water partition coefficient (Wildman–Crippen LogP) is 2.62. The van der Waals surface area contributed by atoms with Gasteiger partial charge in [-0.25, -0.2) is 9.97 Å². The fourth-order valence-corrected chi connectivity index (χ4v) is 2.99. The van der Waals surface area contributed by atoms with E-state index in [0.717, 1.165) is 28.7 Å². The summed E-state index contributed by atoms with van der Waals surface area (Å²) in [6.07, 6.45) is 0.469.